The van der Waals surface area contributed by atoms with Crippen LogP contribution in [0.3, 0.4) is 0 Å². The van der Waals surface area contributed by atoms with Crippen molar-refractivity contribution in [3.8, 4) is 0 Å². The summed E-state index contributed by atoms with van der Waals surface area (Å²) in [4.78, 5) is 36.9. The predicted octanol–water partition coefficient (Wildman–Crippen LogP) is 10.6. The van der Waals surface area contributed by atoms with Gasteiger partial charge in [0.15, 0.2) is 12.1 Å². The van der Waals surface area contributed by atoms with Crippen LogP contribution in [-0.4, -0.2) is 80.6 Å². The maximum absolute atomic E-state index is 12.7. The molecule has 0 heterocycles. The van der Waals surface area contributed by atoms with Crippen LogP contribution in [0.1, 0.15) is 149 Å². The lowest BCUT2D eigenvalue weighted by Crippen LogP contribution is -2.50. The molecule has 0 saturated carbocycles. The zero-order valence-electron chi connectivity index (χ0n) is 33.7. The van der Waals surface area contributed by atoms with Crippen LogP contribution in [0.5, 0.6) is 0 Å². The predicted molar refractivity (Wildman–Crippen MR) is 215 cm³/mol. The van der Waals surface area contributed by atoms with Crippen molar-refractivity contribution < 1.29 is 38.2 Å². The Morgan fingerprint density at radius 1 is 0.577 bits per heavy atom. The molecule has 0 aromatic carbocycles. The summed E-state index contributed by atoms with van der Waals surface area (Å²) in [6, 6.07) is -0.621. The van der Waals surface area contributed by atoms with Crippen molar-refractivity contribution in [2.24, 2.45) is 0 Å². The van der Waals surface area contributed by atoms with E-state index in [2.05, 4.69) is 74.6 Å². The van der Waals surface area contributed by atoms with Gasteiger partial charge in [0.1, 0.15) is 6.61 Å². The van der Waals surface area contributed by atoms with Gasteiger partial charge in [0.2, 0.25) is 0 Å². The smallest absolute Gasteiger partial charge is 0.362 e. The molecular weight excluding hydrogens is 654 g/mol. The number of nitrogens with zero attached hydrogens (tertiary/aromatic N) is 1. The Balaban J connectivity index is 4.44. The summed E-state index contributed by atoms with van der Waals surface area (Å²) in [7, 11) is 5.50. The van der Waals surface area contributed by atoms with E-state index in [-0.39, 0.29) is 36.2 Å². The molecule has 0 spiro atoms. The van der Waals surface area contributed by atoms with Crippen molar-refractivity contribution in [2.45, 2.75) is 161 Å². The lowest BCUT2D eigenvalue weighted by Gasteiger charge is -2.31. The third-order valence-corrected chi connectivity index (χ3v) is 8.66. The number of carboxylic acids is 1. The van der Waals surface area contributed by atoms with Crippen LogP contribution in [0.2, 0.25) is 0 Å². The highest BCUT2D eigenvalue weighted by molar-refractivity contribution is 5.72. The van der Waals surface area contributed by atoms with Crippen molar-refractivity contribution in [2.75, 3.05) is 41.0 Å². The second-order valence-electron chi connectivity index (χ2n) is 14.5. The molecule has 8 heteroatoms. The average molecular weight is 731 g/mol. The van der Waals surface area contributed by atoms with Gasteiger partial charge in [-0.15, -0.1) is 0 Å². The number of carboxylic acid groups (broad SMARTS) is 1. The van der Waals surface area contributed by atoms with Crippen molar-refractivity contribution in [3.05, 3.63) is 60.8 Å². The second-order valence-corrected chi connectivity index (χ2v) is 14.5. The average Bonchev–Trinajstić information content (AvgIpc) is 3.09. The molecule has 52 heavy (non-hydrogen) atoms. The minimum absolute atomic E-state index is 0.0480. The summed E-state index contributed by atoms with van der Waals surface area (Å²) < 4.78 is 17.2. The molecule has 0 aliphatic carbocycles. The van der Waals surface area contributed by atoms with E-state index in [0.29, 0.717) is 19.3 Å². The third-order valence-electron chi connectivity index (χ3n) is 8.66. The minimum Gasteiger partial charge on any atom is -0.477 e. The number of esters is 2. The number of hydrogen-bond acceptors (Lipinski definition) is 6. The number of allylic oxidation sites excluding steroid dienone is 10. The molecule has 2 unspecified atom stereocenters. The zero-order valence-corrected chi connectivity index (χ0v) is 33.7. The Labute approximate surface area is 318 Å². The number of unbranched alkanes of at least 4 members (excludes halogenated alkanes) is 11. The molecular formula is C44H76NO7+. The first-order valence-corrected chi connectivity index (χ1v) is 20.3. The van der Waals surface area contributed by atoms with Crippen LogP contribution in [-0.2, 0) is 28.6 Å². The topological polar surface area (TPSA) is 99.1 Å². The summed E-state index contributed by atoms with van der Waals surface area (Å²) in [5.74, 6) is -1.52. The molecule has 8 nitrogen and oxygen atoms in total. The molecule has 0 radical (unpaired) electrons. The van der Waals surface area contributed by atoms with Gasteiger partial charge in [0.05, 0.1) is 34.4 Å². The lowest BCUT2D eigenvalue weighted by atomic mass is 10.1. The Morgan fingerprint density at radius 3 is 1.50 bits per heavy atom. The molecule has 2 atom stereocenters. The number of carbonyl (C=O) groups is 3. The van der Waals surface area contributed by atoms with Crippen molar-refractivity contribution in [1.29, 1.82) is 0 Å². The zero-order chi connectivity index (χ0) is 38.5. The van der Waals surface area contributed by atoms with Gasteiger partial charge < -0.3 is 23.8 Å². The molecule has 0 rings (SSSR count). The van der Waals surface area contributed by atoms with Crippen molar-refractivity contribution in [1.82, 2.24) is 0 Å². The highest BCUT2D eigenvalue weighted by atomic mass is 16.6. The van der Waals surface area contributed by atoms with E-state index in [9.17, 15) is 19.5 Å². The van der Waals surface area contributed by atoms with Crippen molar-refractivity contribution >= 4 is 17.9 Å². The van der Waals surface area contributed by atoms with E-state index in [1.54, 1.807) is 0 Å². The summed E-state index contributed by atoms with van der Waals surface area (Å²) >= 11 is 0. The van der Waals surface area contributed by atoms with Gasteiger partial charge in [-0.05, 0) is 70.6 Å². The van der Waals surface area contributed by atoms with E-state index in [0.717, 1.165) is 89.9 Å². The first-order valence-electron chi connectivity index (χ1n) is 20.3. The molecule has 0 aromatic rings. The van der Waals surface area contributed by atoms with E-state index in [1.807, 2.05) is 21.1 Å². The normalized spacial score (nSPS) is 13.6. The van der Waals surface area contributed by atoms with Crippen LogP contribution in [0, 0.1) is 0 Å². The molecule has 0 amide bonds. The molecule has 0 saturated heterocycles. The summed E-state index contributed by atoms with van der Waals surface area (Å²) in [5.41, 5.74) is 0. The molecule has 298 valence electrons. The molecule has 0 aliphatic heterocycles. The monoisotopic (exact) mass is 731 g/mol. The van der Waals surface area contributed by atoms with Gasteiger partial charge >= 0.3 is 17.9 Å². The highest BCUT2D eigenvalue weighted by Gasteiger charge is 2.31. The SMILES string of the molecule is CC/C=C/C/C=C/C/C=C/CCCCCCC(=O)OCC(COCCC(C(=O)O)[N+](C)(C)C)OC(=O)CCCCCCCCC/C=C/C/C=C/CC. The van der Waals surface area contributed by atoms with E-state index in [1.165, 1.54) is 25.7 Å². The molecule has 0 aliphatic rings. The lowest BCUT2D eigenvalue weighted by molar-refractivity contribution is -0.887. The molecule has 0 bridgehead atoms. The fraction of sp³-hybridized carbons (Fsp3) is 0.705. The number of rotatable bonds is 35. The van der Waals surface area contributed by atoms with Gasteiger partial charge in [-0.3, -0.25) is 9.59 Å². The maximum Gasteiger partial charge on any atom is 0.362 e. The minimum atomic E-state index is -0.883. The Hall–Kier alpha value is -2.97. The fourth-order valence-electron chi connectivity index (χ4n) is 5.55. The van der Waals surface area contributed by atoms with Gasteiger partial charge in [-0.1, -0.05) is 120 Å². The van der Waals surface area contributed by atoms with Gasteiger partial charge in [0.25, 0.3) is 0 Å². The fourth-order valence-corrected chi connectivity index (χ4v) is 5.55. The number of carbonyl (C=O) groups excluding carboxylic acids is 2. The molecule has 1 N–H and O–H groups in total. The summed E-state index contributed by atoms with van der Waals surface area (Å²) in [5, 5.41) is 9.60. The van der Waals surface area contributed by atoms with E-state index < -0.39 is 18.1 Å². The highest BCUT2D eigenvalue weighted by Crippen LogP contribution is 2.13. The van der Waals surface area contributed by atoms with Gasteiger partial charge in [0, 0.05) is 19.3 Å². The number of likely N-dealkylation sites (N-methyl/N-ethyl adjacent to an activating group) is 1. The molecule has 0 fully saturated rings. The number of aliphatic carboxylic acids is 1. The van der Waals surface area contributed by atoms with E-state index >= 15 is 0 Å². The van der Waals surface area contributed by atoms with Gasteiger partial charge in [-0.2, -0.15) is 0 Å². The summed E-state index contributed by atoms with van der Waals surface area (Å²) in [6.07, 6.45) is 41.2. The number of ether oxygens (including phenoxy) is 3. The molecule has 0 aromatic heterocycles. The largest absolute Gasteiger partial charge is 0.477 e. The quantitative estimate of drug-likeness (QED) is 0.0300. The Bertz CT molecular complexity index is 1040. The van der Waals surface area contributed by atoms with Crippen LogP contribution in [0.4, 0.5) is 0 Å². The first-order chi connectivity index (χ1) is 25.1. The second kappa shape index (κ2) is 35.1. The Kier molecular flexibility index (Phi) is 33.1. The van der Waals surface area contributed by atoms with Crippen LogP contribution in [0.15, 0.2) is 60.8 Å². The van der Waals surface area contributed by atoms with E-state index in [4.69, 9.17) is 14.2 Å². The standard InChI is InChI=1S/C44H75NO7/c1-6-8-10-12-14-16-18-20-22-24-26-28-30-32-34-42(46)51-39-40(38-50-37-36-41(44(48)49)45(3,4)5)52-43(47)35-33-31-29-27-25-23-21-19-17-15-13-11-9-7-2/h8-11,14-17,20,22,40-41H,6-7,12-13,18-19,21,23-39H2,1-5H3/p+1/b10-8+,11-9+,16-14+,17-15+,22-20+. The van der Waals surface area contributed by atoms with Crippen LogP contribution < -0.4 is 0 Å². The summed E-state index contributed by atoms with van der Waals surface area (Å²) in [6.45, 7) is 4.46. The number of hydrogen-bond donors (Lipinski definition) is 1. The van der Waals surface area contributed by atoms with Gasteiger partial charge in [-0.25, -0.2) is 4.79 Å². The number of quaternary nitrogens is 1. The van der Waals surface area contributed by atoms with Crippen molar-refractivity contribution in [3.63, 3.8) is 0 Å². The van der Waals surface area contributed by atoms with Crippen LogP contribution >= 0.6 is 0 Å². The first kappa shape index (κ1) is 49.0. The van der Waals surface area contributed by atoms with Crippen LogP contribution in [0.25, 0.3) is 0 Å². The maximum atomic E-state index is 12.7. The Morgan fingerprint density at radius 2 is 1.02 bits per heavy atom. The third kappa shape index (κ3) is 32.9.